The Morgan fingerprint density at radius 3 is 2.81 bits per heavy atom. The van der Waals surface area contributed by atoms with Gasteiger partial charge < -0.3 is 19.7 Å². The molecule has 0 spiro atoms. The predicted octanol–water partition coefficient (Wildman–Crippen LogP) is 5.07. The maximum atomic E-state index is 13.8. The van der Waals surface area contributed by atoms with Gasteiger partial charge in [0.1, 0.15) is 5.82 Å². The number of amides is 1. The second-order valence-corrected chi connectivity index (χ2v) is 9.21. The summed E-state index contributed by atoms with van der Waals surface area (Å²) in [6, 6.07) is 14.8. The van der Waals surface area contributed by atoms with Gasteiger partial charge in [-0.1, -0.05) is 25.3 Å². The van der Waals surface area contributed by atoms with Gasteiger partial charge in [0.2, 0.25) is 5.91 Å². The number of nitrogens with one attached hydrogen (secondary N) is 1. The van der Waals surface area contributed by atoms with E-state index < -0.39 is 0 Å². The van der Waals surface area contributed by atoms with E-state index in [1.807, 2.05) is 11.0 Å². The van der Waals surface area contributed by atoms with Crippen LogP contribution in [0.4, 0.5) is 22.9 Å². The highest BCUT2D eigenvalue weighted by molar-refractivity contribution is 6.00. The summed E-state index contributed by atoms with van der Waals surface area (Å²) < 4.78 is 2.32. The van der Waals surface area contributed by atoms with Crippen molar-refractivity contribution in [2.24, 2.45) is 5.92 Å². The number of pyridine rings is 1. The van der Waals surface area contributed by atoms with Gasteiger partial charge >= 0.3 is 0 Å². The number of rotatable bonds is 2. The molecule has 0 atom stereocenters. The van der Waals surface area contributed by atoms with Crippen molar-refractivity contribution in [3.63, 3.8) is 0 Å². The van der Waals surface area contributed by atoms with E-state index in [4.69, 9.17) is 0 Å². The lowest BCUT2D eigenvalue weighted by Crippen LogP contribution is -2.37. The first-order chi connectivity index (χ1) is 15.8. The Labute approximate surface area is 188 Å². The second kappa shape index (κ2) is 8.01. The lowest BCUT2D eigenvalue weighted by Gasteiger charge is -2.33. The number of hydrogen-bond acceptors (Lipinski definition) is 4. The molecule has 1 aliphatic carbocycles. The largest absolute Gasteiger partial charge is 0.364 e. The van der Waals surface area contributed by atoms with Crippen LogP contribution in [0.2, 0.25) is 0 Å². The number of benzene rings is 1. The predicted molar refractivity (Wildman–Crippen MR) is 127 cm³/mol. The van der Waals surface area contributed by atoms with E-state index in [1.165, 1.54) is 17.8 Å². The molecule has 0 radical (unpaired) electrons. The van der Waals surface area contributed by atoms with Crippen molar-refractivity contribution in [1.29, 1.82) is 0 Å². The smallest absolute Gasteiger partial charge is 0.230 e. The van der Waals surface area contributed by atoms with Crippen molar-refractivity contribution in [2.45, 2.75) is 51.7 Å². The molecule has 2 aliphatic heterocycles. The topological polar surface area (TPSA) is 53.4 Å². The molecule has 4 heterocycles. The van der Waals surface area contributed by atoms with Gasteiger partial charge in [-0.25, -0.2) is 4.98 Å². The van der Waals surface area contributed by atoms with E-state index in [2.05, 4.69) is 62.4 Å². The SMILES string of the molecule is O=C(C1CCCCC1)N1Cc2cccnc2Nc2ccc(N3CCn4cccc4C3)cc21. The van der Waals surface area contributed by atoms with Crippen molar-refractivity contribution in [2.75, 3.05) is 21.7 Å². The van der Waals surface area contributed by atoms with E-state index in [0.29, 0.717) is 6.54 Å². The Bertz CT molecular complexity index is 1150. The minimum Gasteiger partial charge on any atom is -0.364 e. The normalized spacial score (nSPS) is 18.2. The molecule has 6 nitrogen and oxygen atoms in total. The fourth-order valence-electron chi connectivity index (χ4n) is 5.41. The quantitative estimate of drug-likeness (QED) is 0.620. The number of nitrogens with zero attached hydrogens (tertiary/aromatic N) is 4. The molecule has 3 aliphatic rings. The van der Waals surface area contributed by atoms with Crippen LogP contribution in [0.3, 0.4) is 0 Å². The molecule has 6 rings (SSSR count). The van der Waals surface area contributed by atoms with Crippen LogP contribution >= 0.6 is 0 Å². The fraction of sp³-hybridized carbons (Fsp3) is 0.385. The molecule has 1 N–H and O–H groups in total. The van der Waals surface area contributed by atoms with Crippen LogP contribution in [0.5, 0.6) is 0 Å². The molecule has 164 valence electrons. The van der Waals surface area contributed by atoms with Gasteiger partial charge in [-0.3, -0.25) is 4.79 Å². The first-order valence-electron chi connectivity index (χ1n) is 11.8. The maximum absolute atomic E-state index is 13.8. The van der Waals surface area contributed by atoms with Crippen LogP contribution in [0.1, 0.15) is 43.4 Å². The number of carbonyl (C=O) groups is 1. The molecular weight excluding hydrogens is 398 g/mol. The average Bonchev–Trinajstić information content (AvgIpc) is 3.25. The van der Waals surface area contributed by atoms with E-state index in [1.54, 1.807) is 6.20 Å². The summed E-state index contributed by atoms with van der Waals surface area (Å²) in [7, 11) is 0. The number of aromatic nitrogens is 2. The van der Waals surface area contributed by atoms with Gasteiger partial charge in [0.05, 0.1) is 24.5 Å². The molecule has 0 unspecified atom stereocenters. The summed E-state index contributed by atoms with van der Waals surface area (Å²) in [5.41, 5.74) is 5.48. The zero-order valence-electron chi connectivity index (χ0n) is 18.3. The van der Waals surface area contributed by atoms with Crippen LogP contribution in [-0.4, -0.2) is 22.0 Å². The molecule has 1 amide bonds. The van der Waals surface area contributed by atoms with Crippen LogP contribution in [0.15, 0.2) is 54.9 Å². The molecule has 32 heavy (non-hydrogen) atoms. The Morgan fingerprint density at radius 1 is 1.00 bits per heavy atom. The van der Waals surface area contributed by atoms with Gasteiger partial charge in [0.25, 0.3) is 0 Å². The highest BCUT2D eigenvalue weighted by atomic mass is 16.2. The minimum absolute atomic E-state index is 0.122. The van der Waals surface area contributed by atoms with Gasteiger partial charge in [-0.2, -0.15) is 0 Å². The summed E-state index contributed by atoms with van der Waals surface area (Å²) >= 11 is 0. The molecular formula is C26H29N5O. The molecule has 1 saturated carbocycles. The van der Waals surface area contributed by atoms with Crippen molar-refractivity contribution in [3.05, 3.63) is 66.1 Å². The molecule has 0 saturated heterocycles. The lowest BCUT2D eigenvalue weighted by atomic mass is 9.88. The number of hydrogen-bond donors (Lipinski definition) is 1. The average molecular weight is 428 g/mol. The Balaban J connectivity index is 1.38. The first kappa shape index (κ1) is 19.4. The van der Waals surface area contributed by atoms with Gasteiger partial charge in [-0.15, -0.1) is 0 Å². The number of anilines is 4. The van der Waals surface area contributed by atoms with Gasteiger partial charge in [0, 0.05) is 48.3 Å². The third kappa shape index (κ3) is 3.44. The second-order valence-electron chi connectivity index (χ2n) is 9.21. The molecule has 1 fully saturated rings. The van der Waals surface area contributed by atoms with Crippen molar-refractivity contribution in [1.82, 2.24) is 9.55 Å². The van der Waals surface area contributed by atoms with Gasteiger partial charge in [0.15, 0.2) is 0 Å². The monoisotopic (exact) mass is 427 g/mol. The summed E-state index contributed by atoms with van der Waals surface area (Å²) in [4.78, 5) is 22.7. The molecule has 0 bridgehead atoms. The highest BCUT2D eigenvalue weighted by Gasteiger charge is 2.31. The van der Waals surface area contributed by atoms with Crippen molar-refractivity contribution >= 4 is 28.8 Å². The third-order valence-corrected chi connectivity index (χ3v) is 7.22. The molecule has 2 aromatic heterocycles. The summed E-state index contributed by atoms with van der Waals surface area (Å²) in [6.45, 7) is 3.40. The molecule has 1 aromatic carbocycles. The Hall–Kier alpha value is -3.28. The number of carbonyl (C=O) groups excluding carboxylic acids is 1. The standard InChI is InChI=1S/C26H29N5O/c32-26(19-6-2-1-3-7-19)31-17-20-8-4-12-27-25(20)28-23-11-10-21(16-24(23)31)30-15-14-29-13-5-9-22(29)18-30/h4-5,8-13,16,19H,1-3,6-7,14-15,17-18H2,(H,27,28). The Kier molecular flexibility index (Phi) is 4.86. The minimum atomic E-state index is 0.122. The summed E-state index contributed by atoms with van der Waals surface area (Å²) in [5, 5.41) is 3.50. The Morgan fingerprint density at radius 2 is 1.91 bits per heavy atom. The van der Waals surface area contributed by atoms with Crippen LogP contribution in [0, 0.1) is 5.92 Å². The fourth-order valence-corrected chi connectivity index (χ4v) is 5.41. The summed E-state index contributed by atoms with van der Waals surface area (Å²) in [6.07, 6.45) is 9.52. The van der Waals surface area contributed by atoms with Crippen molar-refractivity contribution < 1.29 is 4.79 Å². The van der Waals surface area contributed by atoms with E-state index in [0.717, 1.165) is 68.1 Å². The lowest BCUT2D eigenvalue weighted by molar-refractivity contribution is -0.123. The van der Waals surface area contributed by atoms with Gasteiger partial charge in [-0.05, 0) is 49.2 Å². The van der Waals surface area contributed by atoms with Crippen LogP contribution < -0.4 is 15.1 Å². The zero-order chi connectivity index (χ0) is 21.5. The molecule has 3 aromatic rings. The third-order valence-electron chi connectivity index (χ3n) is 7.22. The van der Waals surface area contributed by atoms with Crippen LogP contribution in [0.25, 0.3) is 0 Å². The summed E-state index contributed by atoms with van der Waals surface area (Å²) in [5.74, 6) is 1.22. The van der Waals surface area contributed by atoms with E-state index in [-0.39, 0.29) is 11.8 Å². The number of fused-ring (bicyclic) bond motifs is 3. The molecule has 6 heteroatoms. The van der Waals surface area contributed by atoms with E-state index in [9.17, 15) is 4.79 Å². The highest BCUT2D eigenvalue weighted by Crippen LogP contribution is 2.40. The first-order valence-corrected chi connectivity index (χ1v) is 11.8. The maximum Gasteiger partial charge on any atom is 0.230 e. The van der Waals surface area contributed by atoms with E-state index >= 15 is 0 Å². The van der Waals surface area contributed by atoms with Crippen molar-refractivity contribution in [3.8, 4) is 0 Å². The van der Waals surface area contributed by atoms with Crippen LogP contribution in [-0.2, 0) is 24.4 Å². The zero-order valence-corrected chi connectivity index (χ0v) is 18.3.